The second-order valence-corrected chi connectivity index (χ2v) is 6.53. The van der Waals surface area contributed by atoms with Gasteiger partial charge in [0.25, 0.3) is 0 Å². The number of hydrogen-bond acceptors (Lipinski definition) is 3. The van der Waals surface area contributed by atoms with Crippen LogP contribution in [0.4, 0.5) is 0 Å². The van der Waals surface area contributed by atoms with Gasteiger partial charge in [0, 0.05) is 15.6 Å². The molecule has 0 fully saturated rings. The van der Waals surface area contributed by atoms with Gasteiger partial charge < -0.3 is 14.5 Å². The highest BCUT2D eigenvalue weighted by Gasteiger charge is 2.10. The number of hydrogen-bond donors (Lipinski definition) is 1. The van der Waals surface area contributed by atoms with E-state index in [1.165, 1.54) is 0 Å². The first-order valence-corrected chi connectivity index (χ1v) is 8.76. The van der Waals surface area contributed by atoms with Gasteiger partial charge in [0.2, 0.25) is 0 Å². The van der Waals surface area contributed by atoms with Gasteiger partial charge >= 0.3 is 0 Å². The summed E-state index contributed by atoms with van der Waals surface area (Å²) in [6.07, 6.45) is 1.63. The Labute approximate surface area is 161 Å². The molecule has 0 saturated heterocycles. The van der Waals surface area contributed by atoms with Gasteiger partial charge in [-0.3, -0.25) is 0 Å². The Hall–Kier alpha value is -2.01. The number of para-hydroxylation sites is 1. The molecular formula is C19H15Cl2NO2S. The molecule has 2 aromatic carbocycles. The Morgan fingerprint density at radius 2 is 1.92 bits per heavy atom. The summed E-state index contributed by atoms with van der Waals surface area (Å²) in [6.45, 7) is 0.844. The van der Waals surface area contributed by atoms with Crippen LogP contribution in [0.15, 0.2) is 65.3 Å². The average molecular weight is 392 g/mol. The van der Waals surface area contributed by atoms with Crippen molar-refractivity contribution in [1.29, 1.82) is 0 Å². The molecule has 0 aliphatic rings. The predicted octanol–water partition coefficient (Wildman–Crippen LogP) is 5.63. The van der Waals surface area contributed by atoms with Crippen LogP contribution in [0.1, 0.15) is 16.9 Å². The molecule has 0 spiro atoms. The lowest BCUT2D eigenvalue weighted by molar-refractivity contribution is 0.305. The lowest BCUT2D eigenvalue weighted by atomic mass is 10.2. The molecule has 1 aromatic heterocycles. The van der Waals surface area contributed by atoms with Crippen LogP contribution in [0.2, 0.25) is 10.0 Å². The van der Waals surface area contributed by atoms with E-state index in [1.807, 2.05) is 42.5 Å². The first-order chi connectivity index (χ1) is 12.1. The van der Waals surface area contributed by atoms with E-state index in [1.54, 1.807) is 18.4 Å². The summed E-state index contributed by atoms with van der Waals surface area (Å²) in [5.74, 6) is 1.50. The molecule has 6 heteroatoms. The zero-order chi connectivity index (χ0) is 17.6. The third-order valence-corrected chi connectivity index (χ3v) is 4.48. The molecule has 1 heterocycles. The summed E-state index contributed by atoms with van der Waals surface area (Å²) in [7, 11) is 0. The number of nitrogens with one attached hydrogen (secondary N) is 1. The van der Waals surface area contributed by atoms with Crippen molar-refractivity contribution in [2.75, 3.05) is 0 Å². The van der Waals surface area contributed by atoms with Gasteiger partial charge in [0.1, 0.15) is 23.1 Å². The maximum atomic E-state index is 6.19. The fourth-order valence-corrected chi connectivity index (χ4v) is 2.95. The van der Waals surface area contributed by atoms with Crippen molar-refractivity contribution in [2.45, 2.75) is 13.2 Å². The van der Waals surface area contributed by atoms with Gasteiger partial charge in [-0.05, 0) is 36.4 Å². The molecule has 0 bridgehead atoms. The minimum absolute atomic E-state index is 0.327. The molecule has 128 valence electrons. The van der Waals surface area contributed by atoms with Crippen LogP contribution in [0.25, 0.3) is 0 Å². The number of halogens is 2. The summed E-state index contributed by atoms with van der Waals surface area (Å²) in [4.78, 5) is 0.592. The Morgan fingerprint density at radius 3 is 2.68 bits per heavy atom. The minimum Gasteiger partial charge on any atom is -0.488 e. The van der Waals surface area contributed by atoms with Gasteiger partial charge in [-0.1, -0.05) is 53.6 Å². The molecule has 3 nitrogen and oxygen atoms in total. The van der Waals surface area contributed by atoms with Crippen LogP contribution in [0, 0.1) is 0 Å². The number of benzene rings is 2. The maximum absolute atomic E-state index is 6.19. The first kappa shape index (κ1) is 17.8. The van der Waals surface area contributed by atoms with E-state index in [0.717, 1.165) is 16.9 Å². The van der Waals surface area contributed by atoms with E-state index in [0.29, 0.717) is 33.9 Å². The third kappa shape index (κ3) is 4.75. The van der Waals surface area contributed by atoms with Crippen LogP contribution in [-0.2, 0) is 13.2 Å². The Balaban J connectivity index is 1.68. The fraction of sp³-hybridized carbons (Fsp3) is 0.105. The van der Waals surface area contributed by atoms with E-state index in [-0.39, 0.29) is 0 Å². The molecule has 0 unspecified atom stereocenters. The molecule has 1 N–H and O–H groups in total. The van der Waals surface area contributed by atoms with Gasteiger partial charge in [-0.15, -0.1) is 0 Å². The van der Waals surface area contributed by atoms with Crippen LogP contribution in [0.3, 0.4) is 0 Å². The second-order valence-electron chi connectivity index (χ2n) is 5.28. The van der Waals surface area contributed by atoms with Gasteiger partial charge in [-0.25, -0.2) is 0 Å². The quantitative estimate of drug-likeness (QED) is 0.552. The Bertz CT molecular complexity index is 866. The predicted molar refractivity (Wildman–Crippen MR) is 104 cm³/mol. The summed E-state index contributed by atoms with van der Waals surface area (Å²) in [5, 5.41) is 4.34. The second kappa shape index (κ2) is 8.39. The van der Waals surface area contributed by atoms with Gasteiger partial charge in [0.15, 0.2) is 0 Å². The zero-order valence-electron chi connectivity index (χ0n) is 13.2. The van der Waals surface area contributed by atoms with E-state index in [2.05, 4.69) is 5.32 Å². The van der Waals surface area contributed by atoms with Gasteiger partial charge in [-0.2, -0.15) is 0 Å². The Morgan fingerprint density at radius 1 is 1.08 bits per heavy atom. The molecule has 3 aromatic rings. The largest absolute Gasteiger partial charge is 0.488 e. The first-order valence-electron chi connectivity index (χ1n) is 7.60. The van der Waals surface area contributed by atoms with Crippen LogP contribution < -0.4 is 10.1 Å². The summed E-state index contributed by atoms with van der Waals surface area (Å²) in [5.41, 5.74) is 1.67. The highest BCUT2D eigenvalue weighted by Crippen LogP contribution is 2.24. The topological polar surface area (TPSA) is 34.4 Å². The van der Waals surface area contributed by atoms with Crippen molar-refractivity contribution < 1.29 is 9.15 Å². The third-order valence-electron chi connectivity index (χ3n) is 3.53. The number of ether oxygens (including phenoxy) is 1. The summed E-state index contributed by atoms with van der Waals surface area (Å²) < 4.78 is 11.2. The van der Waals surface area contributed by atoms with Crippen LogP contribution >= 0.6 is 35.4 Å². The molecule has 0 amide bonds. The molecule has 0 radical (unpaired) electrons. The minimum atomic E-state index is 0.327. The molecular weight excluding hydrogens is 377 g/mol. The fourth-order valence-electron chi connectivity index (χ4n) is 2.25. The highest BCUT2D eigenvalue weighted by molar-refractivity contribution is 7.80. The van der Waals surface area contributed by atoms with Crippen molar-refractivity contribution in [1.82, 2.24) is 5.32 Å². The van der Waals surface area contributed by atoms with E-state index in [4.69, 9.17) is 44.6 Å². The normalized spacial score (nSPS) is 10.5. The SMILES string of the molecule is S=C(NCc1ccco1)c1ccccc1OCc1ccc(Cl)cc1Cl. The monoisotopic (exact) mass is 391 g/mol. The van der Waals surface area contributed by atoms with Crippen molar-refractivity contribution >= 4 is 40.4 Å². The standard InChI is InChI=1S/C19H15Cl2NO2S/c20-14-8-7-13(17(21)10-14)12-24-18-6-2-1-5-16(18)19(25)22-11-15-4-3-9-23-15/h1-10H,11-12H2,(H,22,25). The molecule has 0 aliphatic carbocycles. The molecule has 3 rings (SSSR count). The lowest BCUT2D eigenvalue weighted by Gasteiger charge is -2.14. The smallest absolute Gasteiger partial charge is 0.129 e. The number of furan rings is 1. The lowest BCUT2D eigenvalue weighted by Crippen LogP contribution is -2.22. The maximum Gasteiger partial charge on any atom is 0.129 e. The van der Waals surface area contributed by atoms with E-state index < -0.39 is 0 Å². The van der Waals surface area contributed by atoms with E-state index in [9.17, 15) is 0 Å². The van der Waals surface area contributed by atoms with Crippen molar-refractivity contribution in [3.63, 3.8) is 0 Å². The average Bonchev–Trinajstić information content (AvgIpc) is 3.13. The molecule has 0 saturated carbocycles. The van der Waals surface area contributed by atoms with E-state index >= 15 is 0 Å². The van der Waals surface area contributed by atoms with Crippen LogP contribution in [0.5, 0.6) is 5.75 Å². The Kier molecular flexibility index (Phi) is 5.97. The van der Waals surface area contributed by atoms with Crippen molar-refractivity contribution in [3.05, 3.63) is 87.8 Å². The number of rotatable bonds is 6. The molecule has 0 atom stereocenters. The molecule has 0 aliphatic heterocycles. The summed E-state index contributed by atoms with van der Waals surface area (Å²) >= 11 is 17.6. The number of thiocarbonyl (C=S) groups is 1. The molecule has 25 heavy (non-hydrogen) atoms. The summed E-state index contributed by atoms with van der Waals surface area (Å²) in [6, 6.07) is 16.7. The van der Waals surface area contributed by atoms with Crippen LogP contribution in [-0.4, -0.2) is 4.99 Å². The zero-order valence-corrected chi connectivity index (χ0v) is 15.5. The highest BCUT2D eigenvalue weighted by atomic mass is 35.5. The van der Waals surface area contributed by atoms with Crippen molar-refractivity contribution in [2.24, 2.45) is 0 Å². The van der Waals surface area contributed by atoms with Gasteiger partial charge in [0.05, 0.1) is 18.4 Å². The van der Waals surface area contributed by atoms with Crippen molar-refractivity contribution in [3.8, 4) is 5.75 Å².